The Hall–Kier alpha value is -2.55. The zero-order valence-corrected chi connectivity index (χ0v) is 10.9. The van der Waals surface area contributed by atoms with Gasteiger partial charge in [-0.2, -0.15) is 0 Å². The van der Waals surface area contributed by atoms with E-state index in [1.807, 2.05) is 18.2 Å². The van der Waals surface area contributed by atoms with Crippen LogP contribution in [0.15, 0.2) is 54.7 Å². The summed E-state index contributed by atoms with van der Waals surface area (Å²) in [5.41, 5.74) is 1.74. The fourth-order valence-corrected chi connectivity index (χ4v) is 2.19. The van der Waals surface area contributed by atoms with Crippen molar-refractivity contribution in [2.24, 2.45) is 0 Å². The number of hydrogen-bond donors (Lipinski definition) is 0. The van der Waals surface area contributed by atoms with Gasteiger partial charge in [-0.15, -0.1) is 0 Å². The average Bonchev–Trinajstić information content (AvgIpc) is 2.49. The van der Waals surface area contributed by atoms with Crippen LogP contribution in [0.1, 0.15) is 21.5 Å². The van der Waals surface area contributed by atoms with Crippen LogP contribution in [0.4, 0.5) is 4.39 Å². The lowest BCUT2D eigenvalue weighted by atomic mass is 10.00. The van der Waals surface area contributed by atoms with Gasteiger partial charge in [-0.1, -0.05) is 30.3 Å². The smallest absolute Gasteiger partial charge is 0.196 e. The Morgan fingerprint density at radius 2 is 1.95 bits per heavy atom. The van der Waals surface area contributed by atoms with Gasteiger partial charge in [-0.25, -0.2) is 4.39 Å². The molecule has 0 aliphatic carbocycles. The molecule has 3 aromatic rings. The lowest BCUT2D eigenvalue weighted by Crippen LogP contribution is -2.05. The van der Waals surface area contributed by atoms with Gasteiger partial charge in [0.25, 0.3) is 0 Å². The maximum Gasteiger partial charge on any atom is 0.196 e. The zero-order chi connectivity index (χ0) is 14.1. The van der Waals surface area contributed by atoms with Crippen LogP contribution in [-0.2, 0) is 0 Å². The van der Waals surface area contributed by atoms with Crippen molar-refractivity contribution in [1.29, 1.82) is 0 Å². The van der Waals surface area contributed by atoms with E-state index in [4.69, 9.17) is 0 Å². The lowest BCUT2D eigenvalue weighted by Gasteiger charge is -2.05. The molecule has 0 aliphatic heterocycles. The van der Waals surface area contributed by atoms with Crippen molar-refractivity contribution in [1.82, 2.24) is 4.98 Å². The van der Waals surface area contributed by atoms with Crippen LogP contribution in [0, 0.1) is 12.7 Å². The first-order valence-electron chi connectivity index (χ1n) is 6.31. The molecule has 0 radical (unpaired) electrons. The molecule has 0 spiro atoms. The summed E-state index contributed by atoms with van der Waals surface area (Å²) in [7, 11) is 0. The molecule has 0 bridgehead atoms. The molecule has 2 aromatic carbocycles. The molecule has 3 heteroatoms. The predicted octanol–water partition coefficient (Wildman–Crippen LogP) is 3.91. The number of halogens is 1. The second kappa shape index (κ2) is 4.85. The standard InChI is InChI=1S/C17H12FNO/c1-11-4-2-6-14(16(11)18)17(20)13-8-7-12-5-3-9-19-15(12)10-13/h2-10H,1H3. The number of fused-ring (bicyclic) bond motifs is 1. The third-order valence-corrected chi connectivity index (χ3v) is 3.30. The van der Waals surface area contributed by atoms with Crippen molar-refractivity contribution in [3.8, 4) is 0 Å². The van der Waals surface area contributed by atoms with E-state index in [0.717, 1.165) is 10.9 Å². The van der Waals surface area contributed by atoms with E-state index in [1.165, 1.54) is 6.07 Å². The van der Waals surface area contributed by atoms with Crippen molar-refractivity contribution in [3.63, 3.8) is 0 Å². The number of aryl methyl sites for hydroxylation is 1. The zero-order valence-electron chi connectivity index (χ0n) is 10.9. The average molecular weight is 265 g/mol. The molecule has 20 heavy (non-hydrogen) atoms. The van der Waals surface area contributed by atoms with E-state index in [-0.39, 0.29) is 11.3 Å². The van der Waals surface area contributed by atoms with Gasteiger partial charge in [0.1, 0.15) is 5.82 Å². The molecule has 0 unspecified atom stereocenters. The normalized spacial score (nSPS) is 10.7. The summed E-state index contributed by atoms with van der Waals surface area (Å²) < 4.78 is 14.0. The van der Waals surface area contributed by atoms with E-state index < -0.39 is 5.82 Å². The Bertz CT molecular complexity index is 811. The summed E-state index contributed by atoms with van der Waals surface area (Å²) >= 11 is 0. The second-order valence-electron chi connectivity index (χ2n) is 4.68. The highest BCUT2D eigenvalue weighted by atomic mass is 19.1. The van der Waals surface area contributed by atoms with E-state index in [9.17, 15) is 9.18 Å². The summed E-state index contributed by atoms with van der Waals surface area (Å²) in [5.74, 6) is -0.780. The Morgan fingerprint density at radius 1 is 1.10 bits per heavy atom. The van der Waals surface area contributed by atoms with Gasteiger partial charge in [-0.05, 0) is 30.7 Å². The highest BCUT2D eigenvalue weighted by Gasteiger charge is 2.15. The minimum Gasteiger partial charge on any atom is -0.288 e. The van der Waals surface area contributed by atoms with Crippen LogP contribution in [0.3, 0.4) is 0 Å². The molecule has 0 amide bonds. The summed E-state index contributed by atoms with van der Waals surface area (Å²) in [5, 5.41) is 0.953. The van der Waals surface area contributed by atoms with E-state index in [0.29, 0.717) is 11.1 Å². The predicted molar refractivity (Wildman–Crippen MR) is 76.3 cm³/mol. The molecule has 3 rings (SSSR count). The summed E-state index contributed by atoms with van der Waals surface area (Å²) in [6.45, 7) is 1.65. The van der Waals surface area contributed by atoms with E-state index in [2.05, 4.69) is 4.98 Å². The third kappa shape index (κ3) is 2.07. The van der Waals surface area contributed by atoms with Gasteiger partial charge in [0.15, 0.2) is 5.78 Å². The Balaban J connectivity index is 2.10. The SMILES string of the molecule is Cc1cccc(C(=O)c2ccc3cccnc3c2)c1F. The van der Waals surface area contributed by atoms with E-state index in [1.54, 1.807) is 37.4 Å². The summed E-state index contributed by atoms with van der Waals surface area (Å²) in [4.78, 5) is 16.6. The highest BCUT2D eigenvalue weighted by molar-refractivity contribution is 6.10. The lowest BCUT2D eigenvalue weighted by molar-refractivity contribution is 0.103. The first-order valence-corrected chi connectivity index (χ1v) is 6.31. The maximum absolute atomic E-state index is 14.0. The molecular weight excluding hydrogens is 253 g/mol. The largest absolute Gasteiger partial charge is 0.288 e. The number of rotatable bonds is 2. The number of carbonyl (C=O) groups is 1. The van der Waals surface area contributed by atoms with Gasteiger partial charge >= 0.3 is 0 Å². The summed E-state index contributed by atoms with van der Waals surface area (Å²) in [6, 6.07) is 13.8. The number of pyridine rings is 1. The minimum absolute atomic E-state index is 0.0975. The first-order chi connectivity index (χ1) is 9.66. The van der Waals surface area contributed by atoms with Gasteiger partial charge < -0.3 is 0 Å². The van der Waals surface area contributed by atoms with Gasteiger partial charge in [-0.3, -0.25) is 9.78 Å². The first kappa shape index (κ1) is 12.5. The topological polar surface area (TPSA) is 30.0 Å². The Morgan fingerprint density at radius 3 is 2.80 bits per heavy atom. The van der Waals surface area contributed by atoms with E-state index >= 15 is 0 Å². The molecule has 0 aliphatic rings. The van der Waals surface area contributed by atoms with Crippen LogP contribution in [0.2, 0.25) is 0 Å². The van der Waals surface area contributed by atoms with Crippen LogP contribution in [-0.4, -0.2) is 10.8 Å². The van der Waals surface area contributed by atoms with Crippen molar-refractivity contribution >= 4 is 16.7 Å². The Labute approximate surface area is 115 Å². The third-order valence-electron chi connectivity index (χ3n) is 3.30. The molecular formula is C17H12FNO. The molecule has 1 aromatic heterocycles. The minimum atomic E-state index is -0.460. The molecule has 0 atom stereocenters. The number of hydrogen-bond acceptors (Lipinski definition) is 2. The van der Waals surface area contributed by atoms with Crippen molar-refractivity contribution in [3.05, 3.63) is 77.2 Å². The van der Waals surface area contributed by atoms with Crippen molar-refractivity contribution < 1.29 is 9.18 Å². The van der Waals surface area contributed by atoms with Crippen LogP contribution in [0.5, 0.6) is 0 Å². The molecule has 1 heterocycles. The molecule has 0 saturated heterocycles. The van der Waals surface area contributed by atoms with Crippen molar-refractivity contribution in [2.45, 2.75) is 6.92 Å². The molecule has 0 N–H and O–H groups in total. The number of nitrogens with zero attached hydrogens (tertiary/aromatic N) is 1. The Kier molecular flexibility index (Phi) is 3.03. The van der Waals surface area contributed by atoms with Crippen molar-refractivity contribution in [2.75, 3.05) is 0 Å². The van der Waals surface area contributed by atoms with Crippen LogP contribution < -0.4 is 0 Å². The van der Waals surface area contributed by atoms with Gasteiger partial charge in [0.2, 0.25) is 0 Å². The fourth-order valence-electron chi connectivity index (χ4n) is 2.19. The molecule has 0 saturated carbocycles. The summed E-state index contributed by atoms with van der Waals surface area (Å²) in [6.07, 6.45) is 1.67. The molecule has 0 fully saturated rings. The highest BCUT2D eigenvalue weighted by Crippen LogP contribution is 2.19. The quantitative estimate of drug-likeness (QED) is 0.657. The monoisotopic (exact) mass is 265 g/mol. The number of ketones is 1. The number of carbonyl (C=O) groups excluding carboxylic acids is 1. The fraction of sp³-hybridized carbons (Fsp3) is 0.0588. The second-order valence-corrected chi connectivity index (χ2v) is 4.68. The van der Waals surface area contributed by atoms with Gasteiger partial charge in [0, 0.05) is 17.1 Å². The molecule has 2 nitrogen and oxygen atoms in total. The maximum atomic E-state index is 14.0. The van der Waals surface area contributed by atoms with Gasteiger partial charge in [0.05, 0.1) is 11.1 Å². The van der Waals surface area contributed by atoms with Crippen LogP contribution in [0.25, 0.3) is 10.9 Å². The van der Waals surface area contributed by atoms with Crippen LogP contribution >= 0.6 is 0 Å². The molecule has 98 valence electrons. The number of benzene rings is 2. The number of aromatic nitrogens is 1.